The van der Waals surface area contributed by atoms with Gasteiger partial charge in [-0.05, 0) is 55.7 Å². The number of benzene rings is 2. The number of rotatable bonds is 10. The molecular weight excluding hydrogens is 328 g/mol. The van der Waals surface area contributed by atoms with Crippen molar-refractivity contribution in [1.29, 1.82) is 0 Å². The van der Waals surface area contributed by atoms with Crippen LogP contribution >= 0.6 is 0 Å². The minimum Gasteiger partial charge on any atom is -0.493 e. The Morgan fingerprint density at radius 1 is 0.846 bits per heavy atom. The van der Waals surface area contributed by atoms with Crippen molar-refractivity contribution < 1.29 is 18.9 Å². The van der Waals surface area contributed by atoms with Crippen LogP contribution in [0.4, 0.5) is 0 Å². The third kappa shape index (κ3) is 5.81. The average molecular weight is 356 g/mol. The topological polar surface area (TPSA) is 36.9 Å². The van der Waals surface area contributed by atoms with Gasteiger partial charge in [-0.3, -0.25) is 0 Å². The molecule has 0 aromatic heterocycles. The molecule has 26 heavy (non-hydrogen) atoms. The standard InChI is InChI=1S/C22H28O4/c1-5-7-19-10-11-21(22(16-19)23-4)26-15-13-24-12-14-25-20-9-6-8-17(2)18(20)3/h5-11,16H,12-15H2,1-4H3/b7-5+. The van der Waals surface area contributed by atoms with Crippen molar-refractivity contribution in [3.8, 4) is 17.2 Å². The minimum absolute atomic E-state index is 0.461. The molecule has 0 saturated carbocycles. The van der Waals surface area contributed by atoms with Gasteiger partial charge in [-0.1, -0.05) is 30.4 Å². The lowest BCUT2D eigenvalue weighted by Gasteiger charge is -2.13. The van der Waals surface area contributed by atoms with Crippen LogP contribution in [0.2, 0.25) is 0 Å². The van der Waals surface area contributed by atoms with Crippen molar-refractivity contribution in [2.24, 2.45) is 0 Å². The minimum atomic E-state index is 0.461. The smallest absolute Gasteiger partial charge is 0.161 e. The fourth-order valence-electron chi connectivity index (χ4n) is 2.50. The van der Waals surface area contributed by atoms with Crippen molar-refractivity contribution >= 4 is 6.08 Å². The molecule has 0 radical (unpaired) electrons. The second kappa shape index (κ2) is 10.5. The van der Waals surface area contributed by atoms with E-state index in [1.54, 1.807) is 7.11 Å². The third-order valence-electron chi connectivity index (χ3n) is 4.07. The number of ether oxygens (including phenoxy) is 4. The molecule has 0 atom stereocenters. The Morgan fingerprint density at radius 2 is 1.58 bits per heavy atom. The number of hydrogen-bond acceptors (Lipinski definition) is 4. The Balaban J connectivity index is 1.68. The van der Waals surface area contributed by atoms with Crippen molar-refractivity contribution in [3.05, 3.63) is 59.2 Å². The van der Waals surface area contributed by atoms with Crippen molar-refractivity contribution in [1.82, 2.24) is 0 Å². The van der Waals surface area contributed by atoms with Gasteiger partial charge in [0.2, 0.25) is 0 Å². The van der Waals surface area contributed by atoms with Crippen LogP contribution in [0.5, 0.6) is 17.2 Å². The number of allylic oxidation sites excluding steroid dienone is 1. The van der Waals surface area contributed by atoms with Crippen LogP contribution in [0, 0.1) is 13.8 Å². The van der Waals surface area contributed by atoms with Crippen LogP contribution in [0.25, 0.3) is 6.08 Å². The van der Waals surface area contributed by atoms with E-state index in [2.05, 4.69) is 19.9 Å². The zero-order valence-electron chi connectivity index (χ0n) is 16.1. The van der Waals surface area contributed by atoms with E-state index in [4.69, 9.17) is 18.9 Å². The van der Waals surface area contributed by atoms with E-state index >= 15 is 0 Å². The second-order valence-electron chi connectivity index (χ2n) is 5.92. The average Bonchev–Trinajstić information content (AvgIpc) is 2.65. The van der Waals surface area contributed by atoms with Crippen LogP contribution in [0.3, 0.4) is 0 Å². The van der Waals surface area contributed by atoms with E-state index in [9.17, 15) is 0 Å². The van der Waals surface area contributed by atoms with Gasteiger partial charge < -0.3 is 18.9 Å². The lowest BCUT2D eigenvalue weighted by Crippen LogP contribution is -2.12. The molecule has 2 rings (SSSR count). The van der Waals surface area contributed by atoms with E-state index in [0.29, 0.717) is 26.4 Å². The van der Waals surface area contributed by atoms with E-state index < -0.39 is 0 Å². The summed E-state index contributed by atoms with van der Waals surface area (Å²) in [5, 5.41) is 0. The maximum Gasteiger partial charge on any atom is 0.161 e. The molecule has 0 aliphatic rings. The summed E-state index contributed by atoms with van der Waals surface area (Å²) >= 11 is 0. The predicted octanol–water partition coefficient (Wildman–Crippen LogP) is 4.82. The Bertz CT molecular complexity index is 722. The Morgan fingerprint density at radius 3 is 2.27 bits per heavy atom. The summed E-state index contributed by atoms with van der Waals surface area (Å²) < 4.78 is 22.5. The first-order chi connectivity index (χ1) is 12.7. The number of methoxy groups -OCH3 is 1. The summed E-state index contributed by atoms with van der Waals surface area (Å²) in [5.41, 5.74) is 3.48. The fourth-order valence-corrected chi connectivity index (χ4v) is 2.50. The van der Waals surface area contributed by atoms with Gasteiger partial charge in [0.25, 0.3) is 0 Å². The van der Waals surface area contributed by atoms with Crippen LogP contribution in [0.15, 0.2) is 42.5 Å². The molecule has 0 aliphatic carbocycles. The summed E-state index contributed by atoms with van der Waals surface area (Å²) in [6.45, 7) is 8.13. The number of aryl methyl sites for hydroxylation is 1. The van der Waals surface area contributed by atoms with Crippen LogP contribution in [-0.4, -0.2) is 33.5 Å². The molecule has 0 heterocycles. The van der Waals surface area contributed by atoms with Gasteiger partial charge >= 0.3 is 0 Å². The van der Waals surface area contributed by atoms with E-state index in [0.717, 1.165) is 22.8 Å². The largest absolute Gasteiger partial charge is 0.493 e. The lowest BCUT2D eigenvalue weighted by molar-refractivity contribution is 0.0755. The number of hydrogen-bond donors (Lipinski definition) is 0. The van der Waals surface area contributed by atoms with E-state index in [-0.39, 0.29) is 0 Å². The highest BCUT2D eigenvalue weighted by Crippen LogP contribution is 2.28. The van der Waals surface area contributed by atoms with E-state index in [1.807, 2.05) is 49.4 Å². The monoisotopic (exact) mass is 356 g/mol. The quantitative estimate of drug-likeness (QED) is 0.572. The molecule has 2 aromatic rings. The molecule has 140 valence electrons. The zero-order chi connectivity index (χ0) is 18.8. The summed E-state index contributed by atoms with van der Waals surface area (Å²) in [6, 6.07) is 11.9. The van der Waals surface area contributed by atoms with Crippen LogP contribution in [0.1, 0.15) is 23.6 Å². The van der Waals surface area contributed by atoms with E-state index in [1.165, 1.54) is 11.1 Å². The predicted molar refractivity (Wildman–Crippen MR) is 105 cm³/mol. The summed E-state index contributed by atoms with van der Waals surface area (Å²) in [5.74, 6) is 2.35. The highest BCUT2D eigenvalue weighted by Gasteiger charge is 2.05. The molecule has 0 spiro atoms. The van der Waals surface area contributed by atoms with Gasteiger partial charge in [0.05, 0.1) is 20.3 Å². The zero-order valence-corrected chi connectivity index (χ0v) is 16.1. The normalized spacial score (nSPS) is 10.9. The van der Waals surface area contributed by atoms with Crippen molar-refractivity contribution in [3.63, 3.8) is 0 Å². The highest BCUT2D eigenvalue weighted by molar-refractivity contribution is 5.55. The molecule has 0 amide bonds. The van der Waals surface area contributed by atoms with Gasteiger partial charge in [-0.15, -0.1) is 0 Å². The van der Waals surface area contributed by atoms with Gasteiger partial charge in [-0.25, -0.2) is 0 Å². The first-order valence-electron chi connectivity index (χ1n) is 8.86. The van der Waals surface area contributed by atoms with Crippen molar-refractivity contribution in [2.45, 2.75) is 20.8 Å². The van der Waals surface area contributed by atoms with Crippen LogP contribution < -0.4 is 14.2 Å². The molecule has 0 bridgehead atoms. The Kier molecular flexibility index (Phi) is 8.03. The van der Waals surface area contributed by atoms with Gasteiger partial charge in [0.1, 0.15) is 19.0 Å². The Labute approximate surface area is 156 Å². The molecular formula is C22H28O4. The van der Waals surface area contributed by atoms with Crippen LogP contribution in [-0.2, 0) is 4.74 Å². The SMILES string of the molecule is C/C=C/c1ccc(OCCOCCOc2cccc(C)c2C)c(OC)c1. The molecule has 0 fully saturated rings. The highest BCUT2D eigenvalue weighted by atomic mass is 16.6. The van der Waals surface area contributed by atoms with Gasteiger partial charge in [0, 0.05) is 0 Å². The Hall–Kier alpha value is -2.46. The first-order valence-corrected chi connectivity index (χ1v) is 8.86. The molecule has 4 heteroatoms. The molecule has 0 aliphatic heterocycles. The van der Waals surface area contributed by atoms with Crippen molar-refractivity contribution in [2.75, 3.05) is 33.5 Å². The summed E-state index contributed by atoms with van der Waals surface area (Å²) in [6.07, 6.45) is 4.01. The summed E-state index contributed by atoms with van der Waals surface area (Å²) in [7, 11) is 1.64. The third-order valence-corrected chi connectivity index (χ3v) is 4.07. The van der Waals surface area contributed by atoms with Gasteiger partial charge in [0.15, 0.2) is 11.5 Å². The molecule has 2 aromatic carbocycles. The van der Waals surface area contributed by atoms with Gasteiger partial charge in [-0.2, -0.15) is 0 Å². The maximum atomic E-state index is 5.76. The molecule has 0 saturated heterocycles. The fraction of sp³-hybridized carbons (Fsp3) is 0.364. The molecule has 0 unspecified atom stereocenters. The first kappa shape index (κ1) is 19.9. The lowest BCUT2D eigenvalue weighted by atomic mass is 10.1. The maximum absolute atomic E-state index is 5.76. The summed E-state index contributed by atoms with van der Waals surface area (Å²) in [4.78, 5) is 0. The second-order valence-corrected chi connectivity index (χ2v) is 5.92. The molecule has 0 N–H and O–H groups in total. The molecule has 4 nitrogen and oxygen atoms in total.